The number of nitrogens with zero attached hydrogens (tertiary/aromatic N) is 2. The van der Waals surface area contributed by atoms with E-state index in [1.807, 2.05) is 6.92 Å². The zero-order valence-electron chi connectivity index (χ0n) is 17.9. The number of carbonyl (C=O) groups is 1. The van der Waals surface area contributed by atoms with Gasteiger partial charge in [-0.15, -0.1) is 0 Å². The Labute approximate surface area is 175 Å². The van der Waals surface area contributed by atoms with E-state index in [0.29, 0.717) is 31.6 Å². The Morgan fingerprint density at radius 2 is 2.00 bits per heavy atom. The van der Waals surface area contributed by atoms with Crippen molar-refractivity contribution < 1.29 is 22.7 Å². The van der Waals surface area contributed by atoms with Crippen LogP contribution in [0.2, 0.25) is 0 Å². The van der Waals surface area contributed by atoms with Crippen LogP contribution in [0.4, 0.5) is 13.2 Å². The predicted octanol–water partition coefficient (Wildman–Crippen LogP) is 2.86. The summed E-state index contributed by atoms with van der Waals surface area (Å²) in [6, 6.07) is 5.25. The normalized spacial score (nSPS) is 19.3. The smallest absolute Gasteiger partial charge is 0.381 e. The highest BCUT2D eigenvalue weighted by Crippen LogP contribution is 2.35. The maximum absolute atomic E-state index is 13.4. The lowest BCUT2D eigenvalue weighted by molar-refractivity contribution is -0.138. The number of halogens is 3. The molecule has 0 radical (unpaired) electrons. The molecule has 1 aromatic rings. The van der Waals surface area contributed by atoms with Gasteiger partial charge in [-0.3, -0.25) is 4.79 Å². The van der Waals surface area contributed by atoms with Crippen LogP contribution in [-0.4, -0.2) is 63.2 Å². The van der Waals surface area contributed by atoms with Crippen molar-refractivity contribution >= 4 is 11.9 Å². The molecule has 3 unspecified atom stereocenters. The molecule has 9 heteroatoms. The van der Waals surface area contributed by atoms with E-state index >= 15 is 0 Å². The molecule has 1 aliphatic rings. The van der Waals surface area contributed by atoms with Gasteiger partial charge in [-0.05, 0) is 25.0 Å². The predicted molar refractivity (Wildman–Crippen MR) is 110 cm³/mol. The molecular formula is C21H31F3N4O2. The van der Waals surface area contributed by atoms with Crippen molar-refractivity contribution in [3.63, 3.8) is 0 Å². The topological polar surface area (TPSA) is 66.0 Å². The van der Waals surface area contributed by atoms with Crippen LogP contribution in [0.25, 0.3) is 0 Å². The molecular weight excluding hydrogens is 397 g/mol. The fourth-order valence-electron chi connectivity index (χ4n) is 3.19. The summed E-state index contributed by atoms with van der Waals surface area (Å²) >= 11 is 0. The van der Waals surface area contributed by atoms with Crippen molar-refractivity contribution in [1.29, 1.82) is 0 Å². The summed E-state index contributed by atoms with van der Waals surface area (Å²) in [6.07, 6.45) is -3.48. The van der Waals surface area contributed by atoms with Gasteiger partial charge >= 0.3 is 6.18 Å². The maximum atomic E-state index is 13.4. The number of rotatable bonds is 7. The van der Waals surface area contributed by atoms with Crippen LogP contribution in [-0.2, 0) is 15.7 Å². The number of amides is 1. The summed E-state index contributed by atoms with van der Waals surface area (Å²) < 4.78 is 45.6. The standard InChI is InChI=1S/C21H31F3N4O2/c1-14(17-7-5-6-8-18(17)21(22,23)24)15(2)27-20(26-12-19(29)28(3)4)25-11-16-9-10-30-13-16/h5-8,14-16H,9-13H2,1-4H3,(H2,25,26,27). The molecule has 30 heavy (non-hydrogen) atoms. The number of alkyl halides is 3. The summed E-state index contributed by atoms with van der Waals surface area (Å²) in [5.41, 5.74) is -0.415. The fraction of sp³-hybridized carbons (Fsp3) is 0.619. The number of likely N-dealkylation sites (N-methyl/N-ethyl adjacent to an activating group) is 1. The lowest BCUT2D eigenvalue weighted by atomic mass is 9.90. The number of guanidine groups is 1. The molecule has 6 nitrogen and oxygen atoms in total. The van der Waals surface area contributed by atoms with Crippen LogP contribution in [0.5, 0.6) is 0 Å². The largest absolute Gasteiger partial charge is 0.416 e. The highest BCUT2D eigenvalue weighted by atomic mass is 19.4. The van der Waals surface area contributed by atoms with E-state index in [0.717, 1.165) is 12.5 Å². The molecule has 2 N–H and O–H groups in total. The Morgan fingerprint density at radius 3 is 2.60 bits per heavy atom. The quantitative estimate of drug-likeness (QED) is 0.518. The van der Waals surface area contributed by atoms with Gasteiger partial charge in [0.25, 0.3) is 0 Å². The molecule has 1 aliphatic heterocycles. The maximum Gasteiger partial charge on any atom is 0.416 e. The molecule has 1 amide bonds. The highest BCUT2D eigenvalue weighted by Gasteiger charge is 2.35. The molecule has 3 atom stereocenters. The Hall–Kier alpha value is -2.29. The molecule has 1 heterocycles. The zero-order valence-corrected chi connectivity index (χ0v) is 17.9. The molecule has 0 saturated carbocycles. The van der Waals surface area contributed by atoms with Crippen molar-refractivity contribution in [2.75, 3.05) is 40.4 Å². The first-order valence-electron chi connectivity index (χ1n) is 10.1. The second-order valence-corrected chi connectivity index (χ2v) is 7.87. The van der Waals surface area contributed by atoms with Crippen molar-refractivity contribution in [3.8, 4) is 0 Å². The van der Waals surface area contributed by atoms with E-state index in [-0.39, 0.29) is 24.1 Å². The molecule has 0 aliphatic carbocycles. The molecule has 2 rings (SSSR count). The lowest BCUT2D eigenvalue weighted by Gasteiger charge is -2.27. The van der Waals surface area contributed by atoms with Gasteiger partial charge in [0.15, 0.2) is 5.96 Å². The molecule has 0 spiro atoms. The monoisotopic (exact) mass is 428 g/mol. The van der Waals surface area contributed by atoms with Crippen molar-refractivity contribution in [2.45, 2.75) is 38.4 Å². The summed E-state index contributed by atoms with van der Waals surface area (Å²) in [5.74, 6) is 0.138. The zero-order chi connectivity index (χ0) is 22.3. The summed E-state index contributed by atoms with van der Waals surface area (Å²) in [5, 5.41) is 6.38. The van der Waals surface area contributed by atoms with Gasteiger partial charge < -0.3 is 20.3 Å². The van der Waals surface area contributed by atoms with Gasteiger partial charge in [-0.2, -0.15) is 13.2 Å². The van der Waals surface area contributed by atoms with E-state index in [1.165, 1.54) is 17.0 Å². The average Bonchev–Trinajstić information content (AvgIpc) is 3.21. The van der Waals surface area contributed by atoms with E-state index in [4.69, 9.17) is 4.74 Å². The van der Waals surface area contributed by atoms with E-state index in [2.05, 4.69) is 15.6 Å². The van der Waals surface area contributed by atoms with Crippen LogP contribution in [0.1, 0.15) is 37.3 Å². The van der Waals surface area contributed by atoms with Crippen LogP contribution in [0.15, 0.2) is 29.3 Å². The van der Waals surface area contributed by atoms with Crippen LogP contribution in [0.3, 0.4) is 0 Å². The Morgan fingerprint density at radius 1 is 1.30 bits per heavy atom. The number of hydrogen-bond acceptors (Lipinski definition) is 3. The Balaban J connectivity index is 2.12. The van der Waals surface area contributed by atoms with Crippen LogP contribution in [0, 0.1) is 5.92 Å². The second kappa shape index (κ2) is 10.7. The number of aliphatic imine (C=N–C) groups is 1. The van der Waals surface area contributed by atoms with Gasteiger partial charge in [0, 0.05) is 45.1 Å². The van der Waals surface area contributed by atoms with Gasteiger partial charge in [0.1, 0.15) is 6.54 Å². The number of nitrogens with one attached hydrogen (secondary N) is 2. The first-order chi connectivity index (χ1) is 14.1. The molecule has 168 valence electrons. The van der Waals surface area contributed by atoms with E-state index in [9.17, 15) is 18.0 Å². The molecule has 0 bridgehead atoms. The minimum atomic E-state index is -4.42. The molecule has 1 fully saturated rings. The minimum absolute atomic E-state index is 0.0518. The first-order valence-corrected chi connectivity index (χ1v) is 10.1. The first kappa shape index (κ1) is 24.0. The van der Waals surface area contributed by atoms with Crippen molar-refractivity contribution in [1.82, 2.24) is 15.5 Å². The number of carbonyl (C=O) groups excluding carboxylic acids is 1. The third-order valence-corrected chi connectivity index (χ3v) is 5.32. The summed E-state index contributed by atoms with van der Waals surface area (Å²) in [7, 11) is 3.29. The number of hydrogen-bond donors (Lipinski definition) is 2. The molecule has 0 aromatic heterocycles. The minimum Gasteiger partial charge on any atom is -0.381 e. The second-order valence-electron chi connectivity index (χ2n) is 7.87. The van der Waals surface area contributed by atoms with Crippen molar-refractivity contribution in [3.05, 3.63) is 35.4 Å². The number of benzene rings is 1. The Kier molecular flexibility index (Phi) is 8.52. The SMILES string of the molecule is CC(NC(=NCC(=O)N(C)C)NCC1CCOC1)C(C)c1ccccc1C(F)(F)F. The molecule has 1 saturated heterocycles. The number of ether oxygens (including phenoxy) is 1. The average molecular weight is 428 g/mol. The summed E-state index contributed by atoms with van der Waals surface area (Å²) in [4.78, 5) is 17.7. The van der Waals surface area contributed by atoms with Crippen LogP contribution < -0.4 is 10.6 Å². The third kappa shape index (κ3) is 6.90. The van der Waals surface area contributed by atoms with Crippen LogP contribution >= 0.6 is 0 Å². The lowest BCUT2D eigenvalue weighted by Crippen LogP contribution is -2.46. The van der Waals surface area contributed by atoms with E-state index < -0.39 is 17.7 Å². The fourth-order valence-corrected chi connectivity index (χ4v) is 3.19. The van der Waals surface area contributed by atoms with Gasteiger partial charge in [-0.25, -0.2) is 4.99 Å². The van der Waals surface area contributed by atoms with E-state index in [1.54, 1.807) is 27.1 Å². The highest BCUT2D eigenvalue weighted by molar-refractivity contribution is 5.85. The third-order valence-electron chi connectivity index (χ3n) is 5.32. The van der Waals surface area contributed by atoms with Gasteiger partial charge in [0.2, 0.25) is 5.91 Å². The van der Waals surface area contributed by atoms with Crippen molar-refractivity contribution in [2.24, 2.45) is 10.9 Å². The Bertz CT molecular complexity index is 731. The molecule has 1 aromatic carbocycles. The summed E-state index contributed by atoms with van der Waals surface area (Å²) in [6.45, 7) is 5.48. The van der Waals surface area contributed by atoms with Gasteiger partial charge in [0.05, 0.1) is 12.2 Å². The van der Waals surface area contributed by atoms with Gasteiger partial charge in [-0.1, -0.05) is 25.1 Å².